The molecular weight excluding hydrogens is 164 g/mol. The number of rotatable bonds is 6. The summed E-state index contributed by atoms with van der Waals surface area (Å²) in [5.74, 6) is 1.40. The molecule has 0 spiro atoms. The summed E-state index contributed by atoms with van der Waals surface area (Å²) in [6.07, 6.45) is -0.102. The number of nitrogens with two attached hydrogens (primary N) is 1. The van der Waals surface area contributed by atoms with Gasteiger partial charge in [0.2, 0.25) is 0 Å². The first kappa shape index (κ1) is 10.7. The van der Waals surface area contributed by atoms with Gasteiger partial charge < -0.3 is 15.9 Å². The van der Waals surface area contributed by atoms with Crippen molar-refractivity contribution in [2.24, 2.45) is 5.73 Å². The molecule has 0 aliphatic carbocycles. The summed E-state index contributed by atoms with van der Waals surface area (Å²) in [6.45, 7) is -0.201. The third-order valence-electron chi connectivity index (χ3n) is 1.04. The highest BCUT2D eigenvalue weighted by Crippen LogP contribution is 2.03. The van der Waals surface area contributed by atoms with Crippen molar-refractivity contribution in [3.8, 4) is 0 Å². The average molecular weight is 178 g/mol. The molecule has 0 radical (unpaired) electrons. The number of hydrogen-bond donors (Lipinski definition) is 4. The van der Waals surface area contributed by atoms with Crippen molar-refractivity contribution in [3.05, 3.63) is 0 Å². The molecule has 4 nitrogen and oxygen atoms in total. The van der Waals surface area contributed by atoms with Crippen molar-refractivity contribution in [3.63, 3.8) is 0 Å². The molecule has 0 rings (SSSR count). The Morgan fingerprint density at radius 1 is 1.64 bits per heavy atom. The molecule has 0 aromatic carbocycles. The fourth-order valence-corrected chi connectivity index (χ4v) is 1.36. The maximum Gasteiger partial charge on any atom is 0.0913 e. The normalized spacial score (nSPS) is 12.9. The fraction of sp³-hybridized carbons (Fsp3) is 0.833. The lowest BCUT2D eigenvalue weighted by Crippen LogP contribution is -2.16. The second kappa shape index (κ2) is 6.45. The molecule has 5 heteroatoms. The predicted octanol–water partition coefficient (Wildman–Crippen LogP) is -0.601. The lowest BCUT2D eigenvalue weighted by Gasteiger charge is -2.05. The van der Waals surface area contributed by atoms with E-state index < -0.39 is 6.10 Å². The SMILES string of the molecule is N=C(N)CCSCC(O)CO. The van der Waals surface area contributed by atoms with Crippen LogP contribution in [0.5, 0.6) is 0 Å². The van der Waals surface area contributed by atoms with Gasteiger partial charge in [0.1, 0.15) is 0 Å². The summed E-state index contributed by atoms with van der Waals surface area (Å²) in [5, 5.41) is 24.2. The molecule has 5 N–H and O–H groups in total. The van der Waals surface area contributed by atoms with E-state index >= 15 is 0 Å². The Morgan fingerprint density at radius 3 is 2.73 bits per heavy atom. The molecule has 0 amide bonds. The van der Waals surface area contributed by atoms with Crippen LogP contribution in [0.2, 0.25) is 0 Å². The van der Waals surface area contributed by atoms with Crippen molar-refractivity contribution >= 4 is 17.6 Å². The second-order valence-electron chi connectivity index (χ2n) is 2.19. The van der Waals surface area contributed by atoms with Gasteiger partial charge in [-0.15, -0.1) is 0 Å². The molecule has 0 aliphatic rings. The van der Waals surface area contributed by atoms with E-state index in [1.54, 1.807) is 0 Å². The summed E-state index contributed by atoms with van der Waals surface area (Å²) in [7, 11) is 0. The van der Waals surface area contributed by atoms with Gasteiger partial charge in [-0.1, -0.05) is 0 Å². The van der Waals surface area contributed by atoms with Crippen LogP contribution >= 0.6 is 11.8 Å². The van der Waals surface area contributed by atoms with Gasteiger partial charge in [0.05, 0.1) is 18.5 Å². The first-order valence-corrected chi connectivity index (χ1v) is 4.52. The van der Waals surface area contributed by atoms with Crippen molar-refractivity contribution in [1.82, 2.24) is 0 Å². The average Bonchev–Trinajstić information content (AvgIpc) is 1.97. The zero-order chi connectivity index (χ0) is 8.69. The fourth-order valence-electron chi connectivity index (χ4n) is 0.454. The zero-order valence-corrected chi connectivity index (χ0v) is 7.10. The molecule has 1 unspecified atom stereocenters. The molecule has 1 atom stereocenters. The van der Waals surface area contributed by atoms with E-state index in [9.17, 15) is 0 Å². The van der Waals surface area contributed by atoms with E-state index in [1.165, 1.54) is 11.8 Å². The molecule has 0 aromatic heterocycles. The smallest absolute Gasteiger partial charge is 0.0913 e. The van der Waals surface area contributed by atoms with Gasteiger partial charge in [0, 0.05) is 17.9 Å². The van der Waals surface area contributed by atoms with E-state index in [2.05, 4.69) is 0 Å². The molecule has 0 saturated carbocycles. The van der Waals surface area contributed by atoms with Crippen LogP contribution in [0, 0.1) is 5.41 Å². The Labute approximate surface area is 70.3 Å². The van der Waals surface area contributed by atoms with Gasteiger partial charge in [-0.05, 0) is 0 Å². The summed E-state index contributed by atoms with van der Waals surface area (Å²) >= 11 is 1.48. The van der Waals surface area contributed by atoms with E-state index in [-0.39, 0.29) is 12.4 Å². The van der Waals surface area contributed by atoms with Crippen LogP contribution in [0.1, 0.15) is 6.42 Å². The Morgan fingerprint density at radius 2 is 2.27 bits per heavy atom. The number of nitrogens with one attached hydrogen (secondary N) is 1. The van der Waals surface area contributed by atoms with Crippen LogP contribution in [-0.2, 0) is 0 Å². The van der Waals surface area contributed by atoms with E-state index in [1.807, 2.05) is 0 Å². The highest BCUT2D eigenvalue weighted by Gasteiger charge is 2.00. The molecule has 0 fully saturated rings. The Balaban J connectivity index is 3.08. The minimum Gasteiger partial charge on any atom is -0.394 e. The van der Waals surface area contributed by atoms with Gasteiger partial charge in [0.15, 0.2) is 0 Å². The first-order valence-electron chi connectivity index (χ1n) is 3.36. The van der Waals surface area contributed by atoms with Crippen molar-refractivity contribution < 1.29 is 10.2 Å². The van der Waals surface area contributed by atoms with E-state index in [0.717, 1.165) is 5.75 Å². The topological polar surface area (TPSA) is 90.3 Å². The largest absolute Gasteiger partial charge is 0.394 e. The molecule has 0 bridgehead atoms. The van der Waals surface area contributed by atoms with Crippen LogP contribution in [0.15, 0.2) is 0 Å². The quantitative estimate of drug-likeness (QED) is 0.248. The lowest BCUT2D eigenvalue weighted by atomic mass is 10.4. The minimum absolute atomic E-state index is 0.163. The summed E-state index contributed by atoms with van der Waals surface area (Å²) < 4.78 is 0. The summed E-state index contributed by atoms with van der Waals surface area (Å²) in [4.78, 5) is 0. The van der Waals surface area contributed by atoms with Gasteiger partial charge in [0.25, 0.3) is 0 Å². The molecule has 0 aliphatic heterocycles. The van der Waals surface area contributed by atoms with E-state index in [0.29, 0.717) is 12.2 Å². The maximum atomic E-state index is 8.87. The third kappa shape index (κ3) is 7.64. The van der Waals surface area contributed by atoms with Crippen LogP contribution in [0.4, 0.5) is 0 Å². The highest BCUT2D eigenvalue weighted by atomic mass is 32.2. The van der Waals surface area contributed by atoms with Gasteiger partial charge in [-0.3, -0.25) is 5.41 Å². The first-order chi connectivity index (χ1) is 5.16. The maximum absolute atomic E-state index is 8.87. The second-order valence-corrected chi connectivity index (χ2v) is 3.34. The number of amidine groups is 1. The Kier molecular flexibility index (Phi) is 6.30. The van der Waals surface area contributed by atoms with E-state index in [4.69, 9.17) is 21.4 Å². The molecule has 0 saturated heterocycles. The zero-order valence-electron chi connectivity index (χ0n) is 6.29. The monoisotopic (exact) mass is 178 g/mol. The number of hydrogen-bond acceptors (Lipinski definition) is 4. The minimum atomic E-state index is -0.646. The Bertz CT molecular complexity index is 121. The molecule has 11 heavy (non-hydrogen) atoms. The van der Waals surface area contributed by atoms with Crippen molar-refractivity contribution in [2.45, 2.75) is 12.5 Å². The molecule has 0 heterocycles. The summed E-state index contributed by atoms with van der Waals surface area (Å²) in [6, 6.07) is 0. The number of thioether (sulfide) groups is 1. The molecule has 0 aromatic rings. The standard InChI is InChI=1S/C6H14N2O2S/c7-6(8)1-2-11-4-5(10)3-9/h5,9-10H,1-4H2,(H3,7,8). The predicted molar refractivity (Wildman–Crippen MR) is 46.9 cm³/mol. The number of aliphatic hydroxyl groups excluding tert-OH is 2. The molecular formula is C6H14N2O2S. The lowest BCUT2D eigenvalue weighted by molar-refractivity contribution is 0.113. The van der Waals surface area contributed by atoms with Gasteiger partial charge >= 0.3 is 0 Å². The van der Waals surface area contributed by atoms with Crippen molar-refractivity contribution in [1.29, 1.82) is 5.41 Å². The highest BCUT2D eigenvalue weighted by molar-refractivity contribution is 7.99. The van der Waals surface area contributed by atoms with Crippen molar-refractivity contribution in [2.75, 3.05) is 18.1 Å². The number of aliphatic hydroxyl groups is 2. The molecule has 66 valence electrons. The van der Waals surface area contributed by atoms with Crippen LogP contribution in [-0.4, -0.2) is 40.3 Å². The van der Waals surface area contributed by atoms with Gasteiger partial charge in [-0.25, -0.2) is 0 Å². The summed E-state index contributed by atoms with van der Waals surface area (Å²) in [5.41, 5.74) is 5.10. The van der Waals surface area contributed by atoms with Gasteiger partial charge in [-0.2, -0.15) is 11.8 Å². The Hall–Kier alpha value is -0.260. The third-order valence-corrected chi connectivity index (χ3v) is 2.15. The van der Waals surface area contributed by atoms with Crippen LogP contribution in [0.3, 0.4) is 0 Å². The van der Waals surface area contributed by atoms with Crippen LogP contribution in [0.25, 0.3) is 0 Å². The van der Waals surface area contributed by atoms with Crippen LogP contribution < -0.4 is 5.73 Å².